The summed E-state index contributed by atoms with van der Waals surface area (Å²) in [6, 6.07) is 1.10. The molecule has 19 heavy (non-hydrogen) atoms. The first kappa shape index (κ1) is 12.7. The molecule has 1 fully saturated rings. The van der Waals surface area contributed by atoms with Crippen LogP contribution in [0.15, 0.2) is 22.4 Å². The molecule has 3 aliphatic rings. The van der Waals surface area contributed by atoms with E-state index in [1.165, 1.54) is 0 Å². The summed E-state index contributed by atoms with van der Waals surface area (Å²) in [5.41, 5.74) is 0. The molecule has 5 nitrogen and oxygen atoms in total. The van der Waals surface area contributed by atoms with Gasteiger partial charge < -0.3 is 9.80 Å². The van der Waals surface area contributed by atoms with Gasteiger partial charge in [-0.25, -0.2) is 4.99 Å². The van der Waals surface area contributed by atoms with Crippen LogP contribution in [0, 0.1) is 0 Å². The predicted molar refractivity (Wildman–Crippen MR) is 78.5 cm³/mol. The molecule has 5 heteroatoms. The second-order valence-electron chi connectivity index (χ2n) is 5.79. The van der Waals surface area contributed by atoms with E-state index in [0.29, 0.717) is 12.1 Å². The molecule has 0 saturated carbocycles. The molecule has 1 atom stereocenters. The molecule has 0 N–H and O–H groups in total. The molecule has 0 amide bonds. The fourth-order valence-corrected chi connectivity index (χ4v) is 2.91. The molecule has 3 heterocycles. The maximum absolute atomic E-state index is 4.65. The van der Waals surface area contributed by atoms with Gasteiger partial charge in [-0.3, -0.25) is 9.89 Å². The van der Waals surface area contributed by atoms with Gasteiger partial charge in [0.25, 0.3) is 0 Å². The molecule has 0 aromatic heterocycles. The summed E-state index contributed by atoms with van der Waals surface area (Å²) in [4.78, 5) is 16.4. The van der Waals surface area contributed by atoms with Gasteiger partial charge >= 0.3 is 0 Å². The van der Waals surface area contributed by atoms with Crippen LogP contribution < -0.4 is 0 Å². The lowest BCUT2D eigenvalue weighted by molar-refractivity contribution is 0.149. The van der Waals surface area contributed by atoms with Gasteiger partial charge in [0.2, 0.25) is 0 Å². The highest BCUT2D eigenvalue weighted by Crippen LogP contribution is 2.18. The van der Waals surface area contributed by atoms with Gasteiger partial charge in [-0.15, -0.1) is 0 Å². The highest BCUT2D eigenvalue weighted by Gasteiger charge is 2.32. The molecule has 1 unspecified atom stereocenters. The maximum atomic E-state index is 4.65. The van der Waals surface area contributed by atoms with Crippen LogP contribution in [-0.4, -0.2) is 71.2 Å². The van der Waals surface area contributed by atoms with Gasteiger partial charge in [-0.05, 0) is 20.8 Å². The van der Waals surface area contributed by atoms with Gasteiger partial charge in [-0.1, -0.05) is 0 Å². The largest absolute Gasteiger partial charge is 0.351 e. The summed E-state index contributed by atoms with van der Waals surface area (Å²) in [5.74, 6) is 2.13. The zero-order chi connectivity index (χ0) is 13.4. The molecule has 0 aromatic carbocycles. The van der Waals surface area contributed by atoms with Gasteiger partial charge in [0.1, 0.15) is 0 Å². The lowest BCUT2D eigenvalue weighted by Crippen LogP contribution is -2.54. The second-order valence-corrected chi connectivity index (χ2v) is 5.79. The lowest BCUT2D eigenvalue weighted by Gasteiger charge is -2.39. The molecular weight excluding hydrogens is 238 g/mol. The van der Waals surface area contributed by atoms with Crippen molar-refractivity contribution in [3.05, 3.63) is 12.4 Å². The first-order chi connectivity index (χ1) is 9.16. The Morgan fingerprint density at radius 3 is 2.58 bits per heavy atom. The third-order valence-electron chi connectivity index (χ3n) is 4.19. The average Bonchev–Trinajstić information content (AvgIpc) is 2.81. The van der Waals surface area contributed by atoms with E-state index in [-0.39, 0.29) is 0 Å². The number of hydrogen-bond donors (Lipinski definition) is 0. The van der Waals surface area contributed by atoms with Crippen molar-refractivity contribution in [2.75, 3.05) is 32.7 Å². The van der Waals surface area contributed by atoms with E-state index in [1.54, 1.807) is 0 Å². The van der Waals surface area contributed by atoms with Crippen molar-refractivity contribution in [2.45, 2.75) is 32.9 Å². The Morgan fingerprint density at radius 1 is 1.16 bits per heavy atom. The number of fused-ring (bicyclic) bond motifs is 1. The van der Waals surface area contributed by atoms with Crippen LogP contribution in [0.1, 0.15) is 20.8 Å². The van der Waals surface area contributed by atoms with E-state index in [4.69, 9.17) is 0 Å². The molecule has 1 saturated heterocycles. The van der Waals surface area contributed by atoms with Crippen molar-refractivity contribution in [1.82, 2.24) is 14.7 Å². The first-order valence-electron chi connectivity index (χ1n) is 7.23. The van der Waals surface area contributed by atoms with Crippen molar-refractivity contribution >= 4 is 11.7 Å². The van der Waals surface area contributed by atoms with E-state index in [9.17, 15) is 0 Å². The Hall–Kier alpha value is -1.36. The third kappa shape index (κ3) is 2.27. The first-order valence-corrected chi connectivity index (χ1v) is 7.23. The van der Waals surface area contributed by atoms with Crippen LogP contribution in [0.5, 0.6) is 0 Å². The van der Waals surface area contributed by atoms with Gasteiger partial charge in [0.05, 0.1) is 12.6 Å². The van der Waals surface area contributed by atoms with E-state index >= 15 is 0 Å². The van der Waals surface area contributed by atoms with E-state index in [1.807, 2.05) is 12.4 Å². The number of amidine groups is 2. The summed E-state index contributed by atoms with van der Waals surface area (Å²) in [6.07, 6.45) is 3.95. The summed E-state index contributed by atoms with van der Waals surface area (Å²) in [6.45, 7) is 11.9. The number of aliphatic imine (C=N–C) groups is 2. The SMILES string of the molecule is CC(C)N1CCN(C2=NC=CN3C2=NCC3C)CC1. The molecule has 0 aromatic rings. The molecule has 3 rings (SSSR count). The van der Waals surface area contributed by atoms with Crippen molar-refractivity contribution in [2.24, 2.45) is 9.98 Å². The highest BCUT2D eigenvalue weighted by atomic mass is 15.4. The van der Waals surface area contributed by atoms with Crippen LogP contribution in [0.3, 0.4) is 0 Å². The standard InChI is InChI=1S/C14H23N5/c1-11(2)17-6-8-18(9-7-17)13-14-16-10-12(3)19(14)5-4-15-13/h4-5,11-12H,6-10H2,1-3H3. The van der Waals surface area contributed by atoms with Gasteiger partial charge in [0, 0.05) is 44.6 Å². The summed E-state index contributed by atoms with van der Waals surface area (Å²) < 4.78 is 0. The number of nitrogens with zero attached hydrogens (tertiary/aromatic N) is 5. The van der Waals surface area contributed by atoms with Crippen LogP contribution in [-0.2, 0) is 0 Å². The molecular formula is C14H23N5. The molecule has 0 aliphatic carbocycles. The summed E-state index contributed by atoms with van der Waals surface area (Å²) in [7, 11) is 0. The lowest BCUT2D eigenvalue weighted by atomic mass is 10.2. The Balaban J connectivity index is 1.70. The highest BCUT2D eigenvalue weighted by molar-refractivity contribution is 6.41. The van der Waals surface area contributed by atoms with Crippen molar-refractivity contribution < 1.29 is 0 Å². The minimum absolute atomic E-state index is 0.466. The Morgan fingerprint density at radius 2 is 1.89 bits per heavy atom. The fourth-order valence-electron chi connectivity index (χ4n) is 2.91. The summed E-state index contributed by atoms with van der Waals surface area (Å²) >= 11 is 0. The van der Waals surface area contributed by atoms with E-state index < -0.39 is 0 Å². The average molecular weight is 261 g/mol. The van der Waals surface area contributed by atoms with Gasteiger partial charge in [-0.2, -0.15) is 0 Å². The van der Waals surface area contributed by atoms with Crippen molar-refractivity contribution in [3.63, 3.8) is 0 Å². The second kappa shape index (κ2) is 4.96. The van der Waals surface area contributed by atoms with Crippen LogP contribution in [0.4, 0.5) is 0 Å². The Labute approximate surface area is 115 Å². The zero-order valence-electron chi connectivity index (χ0n) is 12.1. The van der Waals surface area contributed by atoms with E-state index in [0.717, 1.165) is 44.4 Å². The third-order valence-corrected chi connectivity index (χ3v) is 4.19. The molecule has 0 radical (unpaired) electrons. The number of piperazine rings is 1. The molecule has 3 aliphatic heterocycles. The normalized spacial score (nSPS) is 27.7. The zero-order valence-corrected chi connectivity index (χ0v) is 12.1. The Bertz CT molecular complexity index is 429. The Kier molecular flexibility index (Phi) is 3.31. The molecule has 0 bridgehead atoms. The molecule has 104 valence electrons. The van der Waals surface area contributed by atoms with Crippen LogP contribution >= 0.6 is 0 Å². The van der Waals surface area contributed by atoms with E-state index in [2.05, 4.69) is 45.5 Å². The maximum Gasteiger partial charge on any atom is 0.172 e. The topological polar surface area (TPSA) is 34.4 Å². The fraction of sp³-hybridized carbons (Fsp3) is 0.714. The minimum atomic E-state index is 0.466. The van der Waals surface area contributed by atoms with Crippen molar-refractivity contribution in [3.8, 4) is 0 Å². The summed E-state index contributed by atoms with van der Waals surface area (Å²) in [5, 5.41) is 0. The molecule has 0 spiro atoms. The monoisotopic (exact) mass is 261 g/mol. The smallest absolute Gasteiger partial charge is 0.172 e. The predicted octanol–water partition coefficient (Wildman–Crippen LogP) is 0.998. The van der Waals surface area contributed by atoms with Crippen molar-refractivity contribution in [1.29, 1.82) is 0 Å². The number of hydrogen-bond acceptors (Lipinski definition) is 5. The van der Waals surface area contributed by atoms with Crippen LogP contribution in [0.2, 0.25) is 0 Å². The number of rotatable bonds is 1. The van der Waals surface area contributed by atoms with Gasteiger partial charge in [0.15, 0.2) is 11.7 Å². The quantitative estimate of drug-likeness (QED) is 0.706. The van der Waals surface area contributed by atoms with Crippen LogP contribution in [0.25, 0.3) is 0 Å². The minimum Gasteiger partial charge on any atom is -0.351 e.